The van der Waals surface area contributed by atoms with Gasteiger partial charge in [-0.2, -0.15) is 0 Å². The number of amides is 1. The van der Waals surface area contributed by atoms with Crippen LogP contribution in [0.4, 0.5) is 5.69 Å². The van der Waals surface area contributed by atoms with E-state index in [1.807, 2.05) is 25.1 Å². The highest BCUT2D eigenvalue weighted by molar-refractivity contribution is 7.70. The summed E-state index contributed by atoms with van der Waals surface area (Å²) >= 11 is 0. The lowest BCUT2D eigenvalue weighted by molar-refractivity contribution is -0.135. The summed E-state index contributed by atoms with van der Waals surface area (Å²) in [6.07, 6.45) is 11.6. The maximum Gasteiger partial charge on any atom is 0.340 e. The number of carbonyl (C=O) groups is 3. The van der Waals surface area contributed by atoms with Crippen LogP contribution in [0, 0.1) is 11.8 Å². The number of esters is 2. The standard InChI is InChI=1S/C38H55NO11P2/c1-3-31(28-15-18-30(19-16-28)49-36(41)22-13-26-9-5-6-10-26)32(4-2)29-17-20-34(50-37(42)23-14-27-11-7-8-12-27)33(25-29)39-35(40)21-24-38(51(43,44)45)52(46,47)48/h15-20,25-27,31-32,38H,3-14,21-24H2,1-2H3,(H,39,40)(H2,43,44,45)(H2,46,47,48). The molecular weight excluding hydrogens is 708 g/mol. The van der Waals surface area contributed by atoms with E-state index in [2.05, 4.69) is 12.2 Å². The van der Waals surface area contributed by atoms with E-state index in [0.717, 1.165) is 56.1 Å². The first-order chi connectivity index (χ1) is 24.7. The summed E-state index contributed by atoms with van der Waals surface area (Å²) in [5, 5.41) is 0.357. The summed E-state index contributed by atoms with van der Waals surface area (Å²) in [7, 11) is -10.4. The Labute approximate surface area is 306 Å². The molecule has 12 nitrogen and oxygen atoms in total. The molecular formula is C38H55NO11P2. The number of hydrogen-bond acceptors (Lipinski definition) is 7. The van der Waals surface area contributed by atoms with Gasteiger partial charge in [0.15, 0.2) is 11.1 Å². The van der Waals surface area contributed by atoms with Crippen molar-refractivity contribution < 1.29 is 52.6 Å². The first-order valence-corrected chi connectivity index (χ1v) is 22.1. The molecule has 2 atom stereocenters. The summed E-state index contributed by atoms with van der Waals surface area (Å²) < 4.78 is 34.9. The largest absolute Gasteiger partial charge is 0.427 e. The van der Waals surface area contributed by atoms with Gasteiger partial charge in [0, 0.05) is 19.3 Å². The van der Waals surface area contributed by atoms with E-state index in [1.165, 1.54) is 25.7 Å². The van der Waals surface area contributed by atoms with Crippen LogP contribution in [0.2, 0.25) is 0 Å². The quantitative estimate of drug-likeness (QED) is 0.0522. The Morgan fingerprint density at radius 3 is 1.69 bits per heavy atom. The van der Waals surface area contributed by atoms with Crippen LogP contribution >= 0.6 is 15.2 Å². The van der Waals surface area contributed by atoms with Crippen molar-refractivity contribution in [3.63, 3.8) is 0 Å². The van der Waals surface area contributed by atoms with E-state index in [9.17, 15) is 43.1 Å². The van der Waals surface area contributed by atoms with Crippen molar-refractivity contribution in [3.05, 3.63) is 53.6 Å². The number of rotatable bonds is 19. The van der Waals surface area contributed by atoms with Crippen molar-refractivity contribution in [3.8, 4) is 11.5 Å². The van der Waals surface area contributed by atoms with Gasteiger partial charge in [0.2, 0.25) is 5.91 Å². The molecule has 0 heterocycles. The van der Waals surface area contributed by atoms with Crippen LogP contribution in [0.25, 0.3) is 0 Å². The third kappa shape index (κ3) is 12.6. The molecule has 2 aromatic carbocycles. The monoisotopic (exact) mass is 763 g/mol. The maximum atomic E-state index is 13.1. The zero-order valence-electron chi connectivity index (χ0n) is 30.3. The Morgan fingerprint density at radius 2 is 1.19 bits per heavy atom. The first-order valence-electron chi connectivity index (χ1n) is 18.7. The summed E-state index contributed by atoms with van der Waals surface area (Å²) in [6.45, 7) is 4.12. The number of nitrogens with one attached hydrogen (secondary N) is 1. The van der Waals surface area contributed by atoms with E-state index >= 15 is 0 Å². The summed E-state index contributed by atoms with van der Waals surface area (Å²) in [5.74, 6) is 0.251. The van der Waals surface area contributed by atoms with Gasteiger partial charge in [-0.15, -0.1) is 0 Å². The fourth-order valence-electron chi connectivity index (χ4n) is 7.86. The van der Waals surface area contributed by atoms with Gasteiger partial charge in [-0.05, 0) is 91.2 Å². The van der Waals surface area contributed by atoms with Crippen molar-refractivity contribution in [2.75, 3.05) is 5.32 Å². The van der Waals surface area contributed by atoms with Gasteiger partial charge in [0.1, 0.15) is 5.75 Å². The highest BCUT2D eigenvalue weighted by Crippen LogP contribution is 2.61. The van der Waals surface area contributed by atoms with Gasteiger partial charge >= 0.3 is 27.1 Å². The second-order valence-corrected chi connectivity index (χ2v) is 18.4. The Balaban J connectivity index is 1.51. The molecule has 2 unspecified atom stereocenters. The van der Waals surface area contributed by atoms with Gasteiger partial charge < -0.3 is 34.4 Å². The van der Waals surface area contributed by atoms with Crippen molar-refractivity contribution >= 4 is 38.7 Å². The van der Waals surface area contributed by atoms with Crippen LogP contribution in [-0.4, -0.2) is 42.8 Å². The molecule has 2 saturated carbocycles. The number of anilines is 1. The SMILES string of the molecule is CCC(c1ccc(OC(=O)CCC2CCCC2)cc1)C(CC)c1ccc(OC(=O)CCC2CCCC2)c(NC(=O)CCC(P(=O)(O)O)P(=O)(O)O)c1. The molecule has 5 N–H and O–H groups in total. The fraction of sp³-hybridized carbons (Fsp3) is 0.605. The topological polar surface area (TPSA) is 197 Å². The zero-order chi connectivity index (χ0) is 37.9. The van der Waals surface area contributed by atoms with E-state index in [4.69, 9.17) is 9.47 Å². The molecule has 14 heteroatoms. The minimum absolute atomic E-state index is 0.0349. The fourth-order valence-corrected chi connectivity index (χ4v) is 10.4. The first kappa shape index (κ1) is 41.9. The molecule has 2 aliphatic carbocycles. The Morgan fingerprint density at radius 1 is 0.712 bits per heavy atom. The van der Waals surface area contributed by atoms with Crippen LogP contribution in [0.5, 0.6) is 11.5 Å². The minimum Gasteiger partial charge on any atom is -0.427 e. The predicted molar refractivity (Wildman–Crippen MR) is 198 cm³/mol. The molecule has 0 saturated heterocycles. The van der Waals surface area contributed by atoms with Gasteiger partial charge in [0.05, 0.1) is 5.69 Å². The highest BCUT2D eigenvalue weighted by atomic mass is 31.2. The smallest absolute Gasteiger partial charge is 0.340 e. The van der Waals surface area contributed by atoms with E-state index in [-0.39, 0.29) is 35.7 Å². The molecule has 1 amide bonds. The molecule has 0 radical (unpaired) electrons. The molecule has 0 aliphatic heterocycles. The lowest BCUT2D eigenvalue weighted by atomic mass is 9.78. The number of hydrogen-bond donors (Lipinski definition) is 5. The van der Waals surface area contributed by atoms with Gasteiger partial charge in [-0.25, -0.2) is 0 Å². The molecule has 0 aromatic heterocycles. The van der Waals surface area contributed by atoms with E-state index < -0.39 is 45.3 Å². The molecule has 2 fully saturated rings. The zero-order valence-corrected chi connectivity index (χ0v) is 32.1. The molecule has 52 heavy (non-hydrogen) atoms. The van der Waals surface area contributed by atoms with Crippen LogP contribution in [0.1, 0.15) is 140 Å². The molecule has 2 aliphatic rings. The molecule has 4 rings (SSSR count). The predicted octanol–water partition coefficient (Wildman–Crippen LogP) is 8.53. The molecule has 288 valence electrons. The van der Waals surface area contributed by atoms with Crippen LogP contribution in [-0.2, 0) is 23.5 Å². The second-order valence-electron chi connectivity index (χ2n) is 14.4. The lowest BCUT2D eigenvalue weighted by Gasteiger charge is -2.27. The van der Waals surface area contributed by atoms with Crippen LogP contribution in [0.3, 0.4) is 0 Å². The van der Waals surface area contributed by atoms with Crippen molar-refractivity contribution in [1.29, 1.82) is 0 Å². The summed E-state index contributed by atoms with van der Waals surface area (Å²) in [5.41, 5.74) is 2.06. The van der Waals surface area contributed by atoms with Crippen LogP contribution < -0.4 is 14.8 Å². The number of benzene rings is 2. The van der Waals surface area contributed by atoms with Crippen molar-refractivity contribution in [1.82, 2.24) is 0 Å². The van der Waals surface area contributed by atoms with Crippen molar-refractivity contribution in [2.45, 2.75) is 134 Å². The average molecular weight is 764 g/mol. The van der Waals surface area contributed by atoms with E-state index in [1.54, 1.807) is 24.3 Å². The lowest BCUT2D eigenvalue weighted by Crippen LogP contribution is -2.18. The summed E-state index contributed by atoms with van der Waals surface area (Å²) in [6, 6.07) is 12.7. The Hall–Kier alpha value is -2.85. The molecule has 2 aromatic rings. The minimum atomic E-state index is -5.21. The van der Waals surface area contributed by atoms with Gasteiger partial charge in [-0.1, -0.05) is 83.4 Å². The average Bonchev–Trinajstić information content (AvgIpc) is 3.81. The number of carbonyl (C=O) groups excluding carboxylic acids is 3. The third-order valence-electron chi connectivity index (χ3n) is 10.7. The van der Waals surface area contributed by atoms with Crippen molar-refractivity contribution in [2.24, 2.45) is 11.8 Å². The van der Waals surface area contributed by atoms with Gasteiger partial charge in [-0.3, -0.25) is 23.5 Å². The number of ether oxygens (including phenoxy) is 2. The highest BCUT2D eigenvalue weighted by Gasteiger charge is 2.43. The molecule has 0 spiro atoms. The maximum absolute atomic E-state index is 13.1. The normalized spacial score (nSPS) is 16.9. The van der Waals surface area contributed by atoms with E-state index in [0.29, 0.717) is 30.4 Å². The van der Waals surface area contributed by atoms with Crippen LogP contribution in [0.15, 0.2) is 42.5 Å². The third-order valence-corrected chi connectivity index (χ3v) is 14.6. The van der Waals surface area contributed by atoms with Gasteiger partial charge in [0.25, 0.3) is 0 Å². The Bertz CT molecular complexity index is 1570. The Kier molecular flexibility index (Phi) is 15.7. The molecule has 0 bridgehead atoms. The summed E-state index contributed by atoms with van der Waals surface area (Å²) in [4.78, 5) is 76.5. The second kappa shape index (κ2) is 19.5.